The number of hydrogen-bond acceptors (Lipinski definition) is 2. The molecule has 0 aliphatic carbocycles. The summed E-state index contributed by atoms with van der Waals surface area (Å²) in [5.74, 6) is 0. The van der Waals surface area contributed by atoms with Gasteiger partial charge in [0, 0.05) is 38.1 Å². The highest BCUT2D eigenvalue weighted by atomic mass is 35.5. The average Bonchev–Trinajstić information content (AvgIpc) is 2.58. The van der Waals surface area contributed by atoms with E-state index in [-0.39, 0.29) is 5.38 Å². The molecule has 1 heterocycles. The van der Waals surface area contributed by atoms with Crippen molar-refractivity contribution in [3.05, 3.63) is 71.8 Å². The first-order chi connectivity index (χ1) is 11.2. The van der Waals surface area contributed by atoms with Crippen LogP contribution >= 0.6 is 11.6 Å². The Hall–Kier alpha value is -1.35. The third-order valence-corrected chi connectivity index (χ3v) is 4.65. The van der Waals surface area contributed by atoms with Crippen LogP contribution < -0.4 is 0 Å². The van der Waals surface area contributed by atoms with Crippen molar-refractivity contribution in [1.29, 1.82) is 0 Å². The van der Waals surface area contributed by atoms with Crippen LogP contribution in [-0.2, 0) is 0 Å². The van der Waals surface area contributed by atoms with Crippen molar-refractivity contribution in [2.75, 3.05) is 32.7 Å². The number of benzene rings is 2. The normalized spacial score (nSPS) is 18.2. The van der Waals surface area contributed by atoms with Crippen molar-refractivity contribution < 1.29 is 0 Å². The van der Waals surface area contributed by atoms with Gasteiger partial charge in [0.25, 0.3) is 0 Å². The van der Waals surface area contributed by atoms with Crippen LogP contribution in [0, 0.1) is 0 Å². The van der Waals surface area contributed by atoms with Crippen LogP contribution in [-0.4, -0.2) is 47.9 Å². The fraction of sp³-hybridized carbons (Fsp3) is 0.400. The van der Waals surface area contributed by atoms with Crippen LogP contribution in [0.25, 0.3) is 0 Å². The Labute approximate surface area is 144 Å². The standard InChI is InChI=1S/C20H25ClN2/c1-17(21)16-22-12-14-23(15-13-22)20(18-8-4-2-5-9-18)19-10-6-3-7-11-19/h2-11,17,20H,12-16H2,1H3. The van der Waals surface area contributed by atoms with Crippen LogP contribution in [0.5, 0.6) is 0 Å². The van der Waals surface area contributed by atoms with E-state index in [1.165, 1.54) is 11.1 Å². The topological polar surface area (TPSA) is 6.48 Å². The van der Waals surface area contributed by atoms with Gasteiger partial charge in [-0.25, -0.2) is 0 Å². The molecule has 1 atom stereocenters. The Morgan fingerprint density at radius 1 is 0.826 bits per heavy atom. The zero-order valence-corrected chi connectivity index (χ0v) is 14.5. The monoisotopic (exact) mass is 328 g/mol. The number of alkyl halides is 1. The van der Waals surface area contributed by atoms with Gasteiger partial charge in [-0.1, -0.05) is 60.7 Å². The van der Waals surface area contributed by atoms with Gasteiger partial charge >= 0.3 is 0 Å². The van der Waals surface area contributed by atoms with Crippen molar-refractivity contribution in [3.8, 4) is 0 Å². The largest absolute Gasteiger partial charge is 0.299 e. The molecule has 0 aromatic heterocycles. The molecular weight excluding hydrogens is 304 g/mol. The molecule has 2 nitrogen and oxygen atoms in total. The minimum Gasteiger partial charge on any atom is -0.299 e. The van der Waals surface area contributed by atoms with Gasteiger partial charge in [-0.15, -0.1) is 11.6 Å². The van der Waals surface area contributed by atoms with E-state index >= 15 is 0 Å². The molecule has 2 aromatic carbocycles. The van der Waals surface area contributed by atoms with Crippen molar-refractivity contribution >= 4 is 11.6 Å². The lowest BCUT2D eigenvalue weighted by molar-refractivity contribution is 0.110. The minimum atomic E-state index is 0.223. The molecule has 3 heteroatoms. The van der Waals surface area contributed by atoms with Crippen LogP contribution in [0.15, 0.2) is 60.7 Å². The molecule has 0 spiro atoms. The number of hydrogen-bond donors (Lipinski definition) is 0. The van der Waals surface area contributed by atoms with Crippen LogP contribution in [0.2, 0.25) is 0 Å². The Morgan fingerprint density at radius 2 is 1.30 bits per heavy atom. The summed E-state index contributed by atoms with van der Waals surface area (Å²) in [5, 5.41) is 0.223. The molecule has 0 saturated carbocycles. The number of rotatable bonds is 5. The average molecular weight is 329 g/mol. The third-order valence-electron chi connectivity index (χ3n) is 4.51. The lowest BCUT2D eigenvalue weighted by atomic mass is 9.96. The molecule has 1 fully saturated rings. The van der Waals surface area contributed by atoms with Gasteiger partial charge < -0.3 is 0 Å². The zero-order chi connectivity index (χ0) is 16.1. The van der Waals surface area contributed by atoms with Gasteiger partial charge in [0.1, 0.15) is 0 Å². The van der Waals surface area contributed by atoms with E-state index in [2.05, 4.69) is 77.4 Å². The molecule has 122 valence electrons. The van der Waals surface area contributed by atoms with Gasteiger partial charge in [0.15, 0.2) is 0 Å². The smallest absolute Gasteiger partial charge is 0.0602 e. The molecule has 1 saturated heterocycles. The summed E-state index contributed by atoms with van der Waals surface area (Å²) in [6.07, 6.45) is 0. The summed E-state index contributed by atoms with van der Waals surface area (Å²) >= 11 is 6.15. The molecule has 3 rings (SSSR count). The maximum atomic E-state index is 6.15. The molecular formula is C20H25ClN2. The fourth-order valence-corrected chi connectivity index (χ4v) is 3.64. The molecule has 1 aliphatic heterocycles. The first-order valence-corrected chi connectivity index (χ1v) is 8.88. The summed E-state index contributed by atoms with van der Waals surface area (Å²) in [7, 11) is 0. The SMILES string of the molecule is CC(Cl)CN1CCN(C(c2ccccc2)c2ccccc2)CC1. The minimum absolute atomic E-state index is 0.223. The van der Waals surface area contributed by atoms with E-state index in [0.29, 0.717) is 6.04 Å². The zero-order valence-electron chi connectivity index (χ0n) is 13.7. The molecule has 2 aromatic rings. The molecule has 0 amide bonds. The lowest BCUT2D eigenvalue weighted by Gasteiger charge is -2.40. The molecule has 1 aliphatic rings. The van der Waals surface area contributed by atoms with Crippen LogP contribution in [0.1, 0.15) is 24.1 Å². The highest BCUT2D eigenvalue weighted by Gasteiger charge is 2.26. The Kier molecular flexibility index (Phi) is 5.71. The van der Waals surface area contributed by atoms with Gasteiger partial charge in [0.05, 0.1) is 6.04 Å². The Morgan fingerprint density at radius 3 is 1.74 bits per heavy atom. The lowest BCUT2D eigenvalue weighted by Crippen LogP contribution is -2.49. The quantitative estimate of drug-likeness (QED) is 0.765. The van der Waals surface area contributed by atoms with E-state index < -0.39 is 0 Å². The second kappa shape index (κ2) is 7.96. The van der Waals surface area contributed by atoms with Crippen LogP contribution in [0.3, 0.4) is 0 Å². The fourth-order valence-electron chi connectivity index (χ4n) is 3.44. The highest BCUT2D eigenvalue weighted by molar-refractivity contribution is 6.20. The number of nitrogens with zero attached hydrogens (tertiary/aromatic N) is 2. The van der Waals surface area contributed by atoms with Gasteiger partial charge in [-0.3, -0.25) is 9.80 Å². The second-order valence-electron chi connectivity index (χ2n) is 6.34. The summed E-state index contributed by atoms with van der Waals surface area (Å²) in [6.45, 7) is 7.40. The molecule has 23 heavy (non-hydrogen) atoms. The van der Waals surface area contributed by atoms with E-state index in [1.807, 2.05) is 0 Å². The van der Waals surface area contributed by atoms with Crippen LogP contribution in [0.4, 0.5) is 0 Å². The molecule has 0 radical (unpaired) electrons. The third kappa shape index (κ3) is 4.35. The molecule has 0 bridgehead atoms. The maximum absolute atomic E-state index is 6.15. The Bertz CT molecular complexity index is 538. The Balaban J connectivity index is 1.78. The summed E-state index contributed by atoms with van der Waals surface area (Å²) in [4.78, 5) is 5.07. The van der Waals surface area contributed by atoms with Crippen molar-refractivity contribution in [2.45, 2.75) is 18.3 Å². The van der Waals surface area contributed by atoms with E-state index in [0.717, 1.165) is 32.7 Å². The van der Waals surface area contributed by atoms with Gasteiger partial charge in [-0.05, 0) is 18.1 Å². The first-order valence-electron chi connectivity index (χ1n) is 8.44. The predicted octanol–water partition coefficient (Wildman–Crippen LogP) is 4.02. The first kappa shape index (κ1) is 16.5. The second-order valence-corrected chi connectivity index (χ2v) is 7.09. The predicted molar refractivity (Wildman–Crippen MR) is 98.1 cm³/mol. The highest BCUT2D eigenvalue weighted by Crippen LogP contribution is 2.29. The van der Waals surface area contributed by atoms with Crippen molar-refractivity contribution in [1.82, 2.24) is 9.80 Å². The summed E-state index contributed by atoms with van der Waals surface area (Å²) in [6, 6.07) is 22.0. The summed E-state index contributed by atoms with van der Waals surface area (Å²) < 4.78 is 0. The van der Waals surface area contributed by atoms with Gasteiger partial charge in [0.2, 0.25) is 0 Å². The van der Waals surface area contributed by atoms with Crippen molar-refractivity contribution in [3.63, 3.8) is 0 Å². The van der Waals surface area contributed by atoms with E-state index in [9.17, 15) is 0 Å². The number of piperazine rings is 1. The van der Waals surface area contributed by atoms with Crippen molar-refractivity contribution in [2.24, 2.45) is 0 Å². The maximum Gasteiger partial charge on any atom is 0.0602 e. The number of halogens is 1. The molecule has 1 unspecified atom stereocenters. The summed E-state index contributed by atoms with van der Waals surface area (Å²) in [5.41, 5.74) is 2.75. The van der Waals surface area contributed by atoms with E-state index in [1.54, 1.807) is 0 Å². The van der Waals surface area contributed by atoms with E-state index in [4.69, 9.17) is 11.6 Å². The molecule has 0 N–H and O–H groups in total. The van der Waals surface area contributed by atoms with Gasteiger partial charge in [-0.2, -0.15) is 0 Å².